The molecule has 0 amide bonds. The molecule has 0 saturated carbocycles. The predicted molar refractivity (Wildman–Crippen MR) is 39.5 cm³/mol. The van der Waals surface area contributed by atoms with Gasteiger partial charge in [-0.15, -0.1) is 5.53 Å². The molecule has 0 unspecified atom stereocenters. The number of hydroxylamine groups is 1. The third kappa shape index (κ3) is 2.77. The van der Waals surface area contributed by atoms with Gasteiger partial charge in [-0.2, -0.15) is 5.17 Å². The van der Waals surface area contributed by atoms with Gasteiger partial charge in [0.05, 0.1) is 6.20 Å². The lowest BCUT2D eigenvalue weighted by Gasteiger charge is -2.03. The Morgan fingerprint density at radius 3 is 2.92 bits per heavy atom. The Bertz CT molecular complexity index is 204. The second-order valence-electron chi connectivity index (χ2n) is 2.48. The molecule has 1 aliphatic rings. The molecule has 0 aliphatic carbocycles. The second kappa shape index (κ2) is 3.93. The van der Waals surface area contributed by atoms with E-state index in [1.54, 1.807) is 0 Å². The van der Waals surface area contributed by atoms with Crippen molar-refractivity contribution in [3.63, 3.8) is 0 Å². The van der Waals surface area contributed by atoms with Crippen LogP contribution in [-0.4, -0.2) is 21.5 Å². The number of aliphatic carboxylic acids is 1. The first-order valence-electron chi connectivity index (χ1n) is 3.61. The molecule has 0 bridgehead atoms. The minimum absolute atomic E-state index is 0.143. The lowest BCUT2D eigenvalue weighted by atomic mass is 10.2. The highest BCUT2D eigenvalue weighted by Crippen LogP contribution is 2.06. The van der Waals surface area contributed by atoms with Gasteiger partial charge in [0.15, 0.2) is 0 Å². The molecule has 1 heterocycles. The Morgan fingerprint density at radius 2 is 2.42 bits per heavy atom. The van der Waals surface area contributed by atoms with Crippen LogP contribution in [0.1, 0.15) is 19.3 Å². The van der Waals surface area contributed by atoms with Gasteiger partial charge in [0, 0.05) is 12.1 Å². The molecule has 0 aromatic heterocycles. The first kappa shape index (κ1) is 8.82. The van der Waals surface area contributed by atoms with Crippen LogP contribution in [0.25, 0.3) is 0 Å². The number of hydrogen-bond donors (Lipinski definition) is 4. The quantitative estimate of drug-likeness (QED) is 0.471. The molecule has 4 N–H and O–H groups in total. The standard InChI is InChI=1S/C6H11N3O3/c10-6(11)3-1-2-5-4-9(12)8-7-5/h4,7-8,12H,1-3H2,(H,10,11). The molecular weight excluding hydrogens is 162 g/mol. The van der Waals surface area contributed by atoms with Crippen LogP contribution in [0, 0.1) is 0 Å². The van der Waals surface area contributed by atoms with E-state index in [1.165, 1.54) is 6.20 Å². The van der Waals surface area contributed by atoms with Crippen molar-refractivity contribution in [3.05, 3.63) is 11.9 Å². The normalized spacial score (nSPS) is 15.8. The van der Waals surface area contributed by atoms with Crippen molar-refractivity contribution in [1.82, 2.24) is 16.1 Å². The van der Waals surface area contributed by atoms with Crippen LogP contribution in [0.4, 0.5) is 0 Å². The van der Waals surface area contributed by atoms with E-state index in [9.17, 15) is 4.79 Å². The van der Waals surface area contributed by atoms with Crippen molar-refractivity contribution in [3.8, 4) is 0 Å². The molecule has 68 valence electrons. The van der Waals surface area contributed by atoms with Gasteiger partial charge in [0.25, 0.3) is 0 Å². The van der Waals surface area contributed by atoms with E-state index in [-0.39, 0.29) is 6.42 Å². The largest absolute Gasteiger partial charge is 0.481 e. The van der Waals surface area contributed by atoms with Gasteiger partial charge < -0.3 is 10.5 Å². The van der Waals surface area contributed by atoms with Gasteiger partial charge in [-0.25, -0.2) is 0 Å². The summed E-state index contributed by atoms with van der Waals surface area (Å²) >= 11 is 0. The SMILES string of the molecule is O=C(O)CCCC1=CN(O)NN1. The molecular formula is C6H11N3O3. The number of carboxylic acids is 1. The maximum Gasteiger partial charge on any atom is 0.303 e. The van der Waals surface area contributed by atoms with E-state index in [0.717, 1.165) is 10.9 Å². The maximum absolute atomic E-state index is 10.1. The van der Waals surface area contributed by atoms with Gasteiger partial charge in [0.2, 0.25) is 0 Å². The molecule has 0 saturated heterocycles. The molecule has 0 aromatic rings. The minimum Gasteiger partial charge on any atom is -0.481 e. The number of hydrazine groups is 2. The van der Waals surface area contributed by atoms with Gasteiger partial charge in [-0.3, -0.25) is 10.0 Å². The number of allylic oxidation sites excluding steroid dienone is 1. The van der Waals surface area contributed by atoms with Gasteiger partial charge in [-0.05, 0) is 12.8 Å². The van der Waals surface area contributed by atoms with E-state index in [4.69, 9.17) is 10.3 Å². The summed E-state index contributed by atoms with van der Waals surface area (Å²) in [5, 5.41) is 17.9. The van der Waals surface area contributed by atoms with E-state index < -0.39 is 5.97 Å². The molecule has 1 rings (SSSR count). The molecule has 6 heteroatoms. The maximum atomic E-state index is 10.1. The molecule has 0 fully saturated rings. The molecule has 0 aromatic carbocycles. The molecule has 0 spiro atoms. The lowest BCUT2D eigenvalue weighted by molar-refractivity contribution is -0.137. The van der Waals surface area contributed by atoms with Crippen molar-refractivity contribution >= 4 is 5.97 Å². The highest BCUT2D eigenvalue weighted by molar-refractivity contribution is 5.66. The summed E-state index contributed by atoms with van der Waals surface area (Å²) in [6, 6.07) is 0. The van der Waals surface area contributed by atoms with Crippen molar-refractivity contribution in [1.29, 1.82) is 0 Å². The van der Waals surface area contributed by atoms with Gasteiger partial charge >= 0.3 is 5.97 Å². The highest BCUT2D eigenvalue weighted by atomic mass is 16.5. The average molecular weight is 173 g/mol. The molecule has 0 radical (unpaired) electrons. The second-order valence-corrected chi connectivity index (χ2v) is 2.48. The van der Waals surface area contributed by atoms with Crippen molar-refractivity contribution in [2.45, 2.75) is 19.3 Å². The van der Waals surface area contributed by atoms with Crippen LogP contribution >= 0.6 is 0 Å². The van der Waals surface area contributed by atoms with Crippen LogP contribution in [0.2, 0.25) is 0 Å². The Morgan fingerprint density at radius 1 is 1.67 bits per heavy atom. The highest BCUT2D eigenvalue weighted by Gasteiger charge is 2.08. The van der Waals surface area contributed by atoms with E-state index in [2.05, 4.69) is 11.0 Å². The number of carbonyl (C=O) groups is 1. The fraction of sp³-hybridized carbons (Fsp3) is 0.500. The number of nitrogens with one attached hydrogen (secondary N) is 2. The molecule has 0 atom stereocenters. The van der Waals surface area contributed by atoms with Gasteiger partial charge in [-0.1, -0.05) is 0 Å². The summed E-state index contributed by atoms with van der Waals surface area (Å²) in [4.78, 5) is 10.1. The average Bonchev–Trinajstić information content (AvgIpc) is 2.35. The fourth-order valence-electron chi connectivity index (χ4n) is 0.898. The summed E-state index contributed by atoms with van der Waals surface area (Å²) in [5.74, 6) is -0.803. The third-order valence-electron chi connectivity index (χ3n) is 1.45. The molecule has 6 nitrogen and oxygen atoms in total. The van der Waals surface area contributed by atoms with Crippen LogP contribution in [-0.2, 0) is 4.79 Å². The smallest absolute Gasteiger partial charge is 0.303 e. The number of hydrogen-bond acceptors (Lipinski definition) is 5. The summed E-state index contributed by atoms with van der Waals surface area (Å²) in [6.45, 7) is 0. The molecule has 12 heavy (non-hydrogen) atoms. The van der Waals surface area contributed by atoms with E-state index >= 15 is 0 Å². The van der Waals surface area contributed by atoms with Crippen LogP contribution in [0.3, 0.4) is 0 Å². The number of rotatable bonds is 4. The van der Waals surface area contributed by atoms with Crippen LogP contribution in [0.15, 0.2) is 11.9 Å². The first-order valence-corrected chi connectivity index (χ1v) is 3.61. The summed E-state index contributed by atoms with van der Waals surface area (Å²) in [6.07, 6.45) is 2.77. The van der Waals surface area contributed by atoms with Crippen molar-refractivity contribution in [2.24, 2.45) is 0 Å². The zero-order chi connectivity index (χ0) is 8.97. The Kier molecular flexibility index (Phi) is 2.89. The van der Waals surface area contributed by atoms with E-state index in [0.29, 0.717) is 12.8 Å². The Balaban J connectivity index is 2.15. The fourth-order valence-corrected chi connectivity index (χ4v) is 0.898. The third-order valence-corrected chi connectivity index (χ3v) is 1.45. The van der Waals surface area contributed by atoms with Crippen molar-refractivity contribution in [2.75, 3.05) is 0 Å². The number of carboxylic acid groups (broad SMARTS) is 1. The van der Waals surface area contributed by atoms with Crippen molar-refractivity contribution < 1.29 is 15.1 Å². The zero-order valence-electron chi connectivity index (χ0n) is 6.45. The summed E-state index contributed by atoms with van der Waals surface area (Å²) in [7, 11) is 0. The first-order chi connectivity index (χ1) is 5.68. The summed E-state index contributed by atoms with van der Waals surface area (Å²) < 4.78 is 0. The Hall–Kier alpha value is -1.27. The van der Waals surface area contributed by atoms with Crippen LogP contribution in [0.5, 0.6) is 0 Å². The lowest BCUT2D eigenvalue weighted by Crippen LogP contribution is -2.33. The Labute approximate surface area is 69.4 Å². The number of nitrogens with zero attached hydrogens (tertiary/aromatic N) is 1. The monoisotopic (exact) mass is 173 g/mol. The minimum atomic E-state index is -0.803. The topological polar surface area (TPSA) is 84.8 Å². The van der Waals surface area contributed by atoms with Gasteiger partial charge in [0.1, 0.15) is 0 Å². The zero-order valence-corrected chi connectivity index (χ0v) is 6.45. The predicted octanol–water partition coefficient (Wildman–Crippen LogP) is -0.203. The van der Waals surface area contributed by atoms with E-state index in [1.807, 2.05) is 0 Å². The molecule has 1 aliphatic heterocycles. The van der Waals surface area contributed by atoms with Crippen LogP contribution < -0.4 is 11.0 Å². The summed E-state index contributed by atoms with van der Waals surface area (Å²) in [5.41, 5.74) is 5.86.